The van der Waals surface area contributed by atoms with Crippen molar-refractivity contribution < 1.29 is 14.3 Å². The topological polar surface area (TPSA) is 59.5 Å². The second-order valence-electron chi connectivity index (χ2n) is 6.96. The molecular formula is C24H20N2O3. The Hall–Kier alpha value is -3.73. The third-order valence-electron chi connectivity index (χ3n) is 4.83. The molecule has 0 unspecified atom stereocenters. The lowest BCUT2D eigenvalue weighted by Gasteiger charge is -2.13. The Morgan fingerprint density at radius 2 is 1.59 bits per heavy atom. The minimum absolute atomic E-state index is 0.272. The number of aromatic nitrogens is 1. The average molecular weight is 384 g/mol. The van der Waals surface area contributed by atoms with Gasteiger partial charge < -0.3 is 9.64 Å². The van der Waals surface area contributed by atoms with Crippen LogP contribution in [-0.4, -0.2) is 42.5 Å². The van der Waals surface area contributed by atoms with E-state index in [4.69, 9.17) is 9.72 Å². The van der Waals surface area contributed by atoms with Crippen molar-refractivity contribution in [3.8, 4) is 11.3 Å². The van der Waals surface area contributed by atoms with Crippen LogP contribution in [0, 0.1) is 0 Å². The maximum atomic E-state index is 12.8. The molecule has 0 atom stereocenters. The number of hydrogen-bond donors (Lipinski definition) is 0. The molecule has 0 aliphatic rings. The molecule has 1 aromatic heterocycles. The predicted octanol–water partition coefficient (Wildman–Crippen LogP) is 4.30. The maximum absolute atomic E-state index is 12.8. The number of nitrogens with zero attached hydrogens (tertiary/aromatic N) is 2. The van der Waals surface area contributed by atoms with E-state index in [-0.39, 0.29) is 12.5 Å². The van der Waals surface area contributed by atoms with Crippen molar-refractivity contribution in [1.29, 1.82) is 0 Å². The minimum atomic E-state index is -0.541. The SMILES string of the molecule is CN(C)C(=O)COC(=O)c1cc(-c2cccc3ccccc23)nc2ccccc12. The van der Waals surface area contributed by atoms with Crippen LogP contribution in [0.4, 0.5) is 0 Å². The first kappa shape index (κ1) is 18.6. The van der Waals surface area contributed by atoms with E-state index >= 15 is 0 Å². The summed E-state index contributed by atoms with van der Waals surface area (Å²) in [7, 11) is 3.24. The summed E-state index contributed by atoms with van der Waals surface area (Å²) in [6.45, 7) is -0.300. The number of carbonyl (C=O) groups excluding carboxylic acids is 2. The summed E-state index contributed by atoms with van der Waals surface area (Å²) >= 11 is 0. The monoisotopic (exact) mass is 384 g/mol. The third-order valence-corrected chi connectivity index (χ3v) is 4.83. The van der Waals surface area contributed by atoms with Gasteiger partial charge >= 0.3 is 5.97 Å². The van der Waals surface area contributed by atoms with Gasteiger partial charge in [-0.05, 0) is 22.9 Å². The zero-order chi connectivity index (χ0) is 20.4. The van der Waals surface area contributed by atoms with Crippen LogP contribution in [0.1, 0.15) is 10.4 Å². The third kappa shape index (κ3) is 3.67. The van der Waals surface area contributed by atoms with Crippen LogP contribution >= 0.6 is 0 Å². The van der Waals surface area contributed by atoms with Crippen molar-refractivity contribution in [1.82, 2.24) is 9.88 Å². The van der Waals surface area contributed by atoms with Gasteiger partial charge in [0.2, 0.25) is 0 Å². The molecule has 4 rings (SSSR count). The van der Waals surface area contributed by atoms with E-state index in [1.54, 1.807) is 20.2 Å². The number of benzene rings is 3. The number of hydrogen-bond acceptors (Lipinski definition) is 4. The standard InChI is InChI=1S/C24H20N2O3/c1-26(2)23(27)15-29-24(28)20-14-22(25-21-13-6-5-11-19(20)21)18-12-7-9-16-8-3-4-10-17(16)18/h3-14H,15H2,1-2H3. The smallest absolute Gasteiger partial charge is 0.339 e. The summed E-state index contributed by atoms with van der Waals surface area (Å²) in [6.07, 6.45) is 0. The van der Waals surface area contributed by atoms with Gasteiger partial charge in [-0.2, -0.15) is 0 Å². The molecule has 0 aliphatic heterocycles. The summed E-state index contributed by atoms with van der Waals surface area (Å²) in [5.41, 5.74) is 2.72. The highest BCUT2D eigenvalue weighted by Gasteiger charge is 2.17. The zero-order valence-electron chi connectivity index (χ0n) is 16.3. The van der Waals surface area contributed by atoms with E-state index in [0.717, 1.165) is 16.3 Å². The maximum Gasteiger partial charge on any atom is 0.339 e. The Kier molecular flexibility index (Phi) is 4.96. The zero-order valence-corrected chi connectivity index (χ0v) is 16.3. The molecule has 0 saturated heterocycles. The summed E-state index contributed by atoms with van der Waals surface area (Å²) in [4.78, 5) is 30.8. The van der Waals surface area contributed by atoms with Crippen LogP contribution in [-0.2, 0) is 9.53 Å². The number of fused-ring (bicyclic) bond motifs is 2. The van der Waals surface area contributed by atoms with Crippen molar-refractivity contribution in [2.45, 2.75) is 0 Å². The first-order chi connectivity index (χ1) is 14.0. The summed E-state index contributed by atoms with van der Waals surface area (Å²) < 4.78 is 5.28. The quantitative estimate of drug-likeness (QED) is 0.492. The fraction of sp³-hybridized carbons (Fsp3) is 0.125. The average Bonchev–Trinajstić information content (AvgIpc) is 2.75. The molecule has 0 N–H and O–H groups in total. The van der Waals surface area contributed by atoms with Crippen LogP contribution in [0.2, 0.25) is 0 Å². The molecule has 144 valence electrons. The van der Waals surface area contributed by atoms with Crippen LogP contribution in [0.25, 0.3) is 32.9 Å². The van der Waals surface area contributed by atoms with Crippen molar-refractivity contribution in [2.24, 2.45) is 0 Å². The summed E-state index contributed by atoms with van der Waals surface area (Å²) in [5.74, 6) is -0.814. The number of rotatable bonds is 4. The van der Waals surface area contributed by atoms with Crippen molar-refractivity contribution >= 4 is 33.6 Å². The molecule has 0 fully saturated rings. The molecular weight excluding hydrogens is 364 g/mol. The number of amides is 1. The number of esters is 1. The Balaban J connectivity index is 1.83. The Morgan fingerprint density at radius 1 is 0.897 bits per heavy atom. The van der Waals surface area contributed by atoms with E-state index in [1.807, 2.05) is 66.7 Å². The second-order valence-corrected chi connectivity index (χ2v) is 6.96. The molecule has 1 heterocycles. The fourth-order valence-corrected chi connectivity index (χ4v) is 3.27. The molecule has 0 spiro atoms. The lowest BCUT2D eigenvalue weighted by Crippen LogP contribution is -2.27. The van der Waals surface area contributed by atoms with Crippen molar-refractivity contribution in [3.05, 3.63) is 78.4 Å². The predicted molar refractivity (Wildman–Crippen MR) is 114 cm³/mol. The van der Waals surface area contributed by atoms with E-state index in [0.29, 0.717) is 22.2 Å². The first-order valence-corrected chi connectivity index (χ1v) is 9.30. The number of para-hydroxylation sites is 1. The Labute approximate surface area is 168 Å². The lowest BCUT2D eigenvalue weighted by atomic mass is 9.99. The van der Waals surface area contributed by atoms with Gasteiger partial charge in [0, 0.05) is 25.0 Å². The largest absolute Gasteiger partial charge is 0.452 e. The highest BCUT2D eigenvalue weighted by molar-refractivity contribution is 6.06. The highest BCUT2D eigenvalue weighted by Crippen LogP contribution is 2.30. The number of ether oxygens (including phenoxy) is 1. The van der Waals surface area contributed by atoms with Gasteiger partial charge in [-0.25, -0.2) is 9.78 Å². The second kappa shape index (κ2) is 7.72. The number of likely N-dealkylation sites (N-methyl/N-ethyl adjacent to an activating group) is 1. The minimum Gasteiger partial charge on any atom is -0.452 e. The summed E-state index contributed by atoms with van der Waals surface area (Å²) in [5, 5.41) is 2.85. The van der Waals surface area contributed by atoms with Gasteiger partial charge in [0.25, 0.3) is 5.91 Å². The van der Waals surface area contributed by atoms with Gasteiger partial charge in [-0.1, -0.05) is 60.7 Å². The van der Waals surface area contributed by atoms with Crippen LogP contribution in [0.5, 0.6) is 0 Å². The van der Waals surface area contributed by atoms with E-state index in [2.05, 4.69) is 0 Å². The van der Waals surface area contributed by atoms with Crippen LogP contribution < -0.4 is 0 Å². The van der Waals surface area contributed by atoms with E-state index in [9.17, 15) is 9.59 Å². The molecule has 0 bridgehead atoms. The molecule has 4 aromatic rings. The van der Waals surface area contributed by atoms with Gasteiger partial charge in [-0.3, -0.25) is 4.79 Å². The molecule has 0 radical (unpaired) electrons. The molecule has 1 amide bonds. The highest BCUT2D eigenvalue weighted by atomic mass is 16.5. The fourth-order valence-electron chi connectivity index (χ4n) is 3.27. The van der Waals surface area contributed by atoms with Crippen LogP contribution in [0.15, 0.2) is 72.8 Å². The molecule has 3 aromatic carbocycles. The first-order valence-electron chi connectivity index (χ1n) is 9.30. The van der Waals surface area contributed by atoms with Crippen molar-refractivity contribution in [3.63, 3.8) is 0 Å². The molecule has 0 aliphatic carbocycles. The van der Waals surface area contributed by atoms with Gasteiger partial charge in [-0.15, -0.1) is 0 Å². The van der Waals surface area contributed by atoms with Gasteiger partial charge in [0.15, 0.2) is 6.61 Å². The molecule has 29 heavy (non-hydrogen) atoms. The molecule has 5 nitrogen and oxygen atoms in total. The Morgan fingerprint density at radius 3 is 2.38 bits per heavy atom. The van der Waals surface area contributed by atoms with E-state index in [1.165, 1.54) is 4.90 Å². The summed E-state index contributed by atoms with van der Waals surface area (Å²) in [6, 6.07) is 23.2. The molecule has 5 heteroatoms. The Bertz CT molecular complexity index is 1230. The van der Waals surface area contributed by atoms with E-state index < -0.39 is 5.97 Å². The van der Waals surface area contributed by atoms with Gasteiger partial charge in [0.1, 0.15) is 0 Å². The van der Waals surface area contributed by atoms with Crippen molar-refractivity contribution in [2.75, 3.05) is 20.7 Å². The number of carbonyl (C=O) groups is 2. The van der Waals surface area contributed by atoms with Gasteiger partial charge in [0.05, 0.1) is 16.8 Å². The van der Waals surface area contributed by atoms with Crippen LogP contribution in [0.3, 0.4) is 0 Å². The normalized spacial score (nSPS) is 10.8. The lowest BCUT2D eigenvalue weighted by molar-refractivity contribution is -0.131. The molecule has 0 saturated carbocycles. The number of pyridine rings is 1.